The third-order valence-corrected chi connectivity index (χ3v) is 3.79. The fourth-order valence-corrected chi connectivity index (χ4v) is 2.70. The highest BCUT2D eigenvalue weighted by Gasteiger charge is 2.08. The molecule has 3 heteroatoms. The lowest BCUT2D eigenvalue weighted by atomic mass is 10.1. The normalized spacial score (nSPS) is 10.0. The molecule has 0 aliphatic carbocycles. The Morgan fingerprint density at radius 1 is 1.21 bits per heavy atom. The molecule has 0 bridgehead atoms. The van der Waals surface area contributed by atoms with Gasteiger partial charge < -0.3 is 4.90 Å². The first-order valence-electron chi connectivity index (χ1n) is 6.07. The highest BCUT2D eigenvalue weighted by atomic mass is 79.9. The third kappa shape index (κ3) is 3.15. The van der Waals surface area contributed by atoms with Gasteiger partial charge >= 0.3 is 0 Å². The molecule has 0 aliphatic heterocycles. The zero-order chi connectivity index (χ0) is 13.8. The average Bonchev–Trinajstić information content (AvgIpc) is 2.41. The predicted molar refractivity (Wildman–Crippen MR) is 82.1 cm³/mol. The van der Waals surface area contributed by atoms with Crippen LogP contribution in [0.2, 0.25) is 0 Å². The largest absolute Gasteiger partial charge is 0.369 e. The van der Waals surface area contributed by atoms with Crippen molar-refractivity contribution in [2.75, 3.05) is 11.9 Å². The Morgan fingerprint density at radius 3 is 2.58 bits per heavy atom. The topological polar surface area (TPSA) is 27.0 Å². The molecule has 0 unspecified atom stereocenters. The van der Waals surface area contributed by atoms with Crippen LogP contribution in [0.5, 0.6) is 0 Å². The molecule has 0 aromatic heterocycles. The lowest BCUT2D eigenvalue weighted by Gasteiger charge is -2.22. The van der Waals surface area contributed by atoms with Gasteiger partial charge in [-0.2, -0.15) is 5.26 Å². The van der Waals surface area contributed by atoms with Crippen molar-refractivity contribution in [2.24, 2.45) is 0 Å². The Balaban J connectivity index is 2.24. The summed E-state index contributed by atoms with van der Waals surface area (Å²) in [5, 5.41) is 8.88. The van der Waals surface area contributed by atoms with Gasteiger partial charge in [-0.1, -0.05) is 24.3 Å². The number of aryl methyl sites for hydroxylation is 1. The average molecular weight is 315 g/mol. The summed E-state index contributed by atoms with van der Waals surface area (Å²) in [6.45, 7) is 2.97. The van der Waals surface area contributed by atoms with E-state index in [2.05, 4.69) is 65.1 Å². The van der Waals surface area contributed by atoms with E-state index < -0.39 is 0 Å². The van der Waals surface area contributed by atoms with Gasteiger partial charge in [-0.05, 0) is 52.2 Å². The van der Waals surface area contributed by atoms with Gasteiger partial charge in [0.25, 0.3) is 0 Å². The highest BCUT2D eigenvalue weighted by molar-refractivity contribution is 9.10. The molecule has 0 heterocycles. The van der Waals surface area contributed by atoms with E-state index in [1.807, 2.05) is 18.2 Å². The van der Waals surface area contributed by atoms with Crippen LogP contribution in [0, 0.1) is 18.3 Å². The second-order valence-electron chi connectivity index (χ2n) is 4.56. The maximum atomic E-state index is 8.88. The van der Waals surface area contributed by atoms with Crippen molar-refractivity contribution < 1.29 is 0 Å². The highest BCUT2D eigenvalue weighted by Crippen LogP contribution is 2.27. The molecule has 2 aromatic carbocycles. The maximum absolute atomic E-state index is 8.88. The number of nitrogens with zero attached hydrogens (tertiary/aromatic N) is 2. The summed E-state index contributed by atoms with van der Waals surface area (Å²) >= 11 is 3.53. The lowest BCUT2D eigenvalue weighted by Crippen LogP contribution is -2.17. The van der Waals surface area contributed by atoms with E-state index in [0.29, 0.717) is 5.56 Å². The van der Waals surface area contributed by atoms with Crippen LogP contribution in [0.3, 0.4) is 0 Å². The molecule has 2 nitrogen and oxygen atoms in total. The summed E-state index contributed by atoms with van der Waals surface area (Å²) in [4.78, 5) is 2.17. The Kier molecular flexibility index (Phi) is 4.24. The van der Waals surface area contributed by atoms with E-state index in [4.69, 9.17) is 5.26 Å². The van der Waals surface area contributed by atoms with Gasteiger partial charge in [0.05, 0.1) is 17.3 Å². The first kappa shape index (κ1) is 13.6. The Labute approximate surface area is 122 Å². The van der Waals surface area contributed by atoms with E-state index in [1.165, 1.54) is 11.1 Å². The molecule has 0 amide bonds. The van der Waals surface area contributed by atoms with Crippen LogP contribution >= 0.6 is 15.9 Å². The van der Waals surface area contributed by atoms with Crippen molar-refractivity contribution in [3.63, 3.8) is 0 Å². The minimum atomic E-state index is 0.667. The molecular weight excluding hydrogens is 300 g/mol. The van der Waals surface area contributed by atoms with Crippen molar-refractivity contribution in [3.05, 3.63) is 63.6 Å². The molecule has 19 heavy (non-hydrogen) atoms. The molecule has 0 fully saturated rings. The summed E-state index contributed by atoms with van der Waals surface area (Å²) in [6.07, 6.45) is 0. The quantitative estimate of drug-likeness (QED) is 0.846. The standard InChI is InChI=1S/C16H15BrN2/c1-12-5-3-4-6-14(12)11-19(2)16-8-7-13(10-18)9-15(16)17/h3-9H,11H2,1-2H3. The molecule has 2 rings (SSSR count). The van der Waals surface area contributed by atoms with Crippen molar-refractivity contribution in [1.82, 2.24) is 0 Å². The predicted octanol–water partition coefficient (Wildman–Crippen LogP) is 4.27. The van der Waals surface area contributed by atoms with Crippen LogP contribution in [-0.2, 0) is 6.54 Å². The van der Waals surface area contributed by atoms with E-state index >= 15 is 0 Å². The molecule has 0 spiro atoms. The zero-order valence-corrected chi connectivity index (χ0v) is 12.6. The van der Waals surface area contributed by atoms with Gasteiger partial charge in [-0.15, -0.1) is 0 Å². The second-order valence-corrected chi connectivity index (χ2v) is 5.41. The first-order valence-corrected chi connectivity index (χ1v) is 6.86. The van der Waals surface area contributed by atoms with Crippen molar-refractivity contribution in [3.8, 4) is 6.07 Å². The van der Waals surface area contributed by atoms with Crippen LogP contribution in [0.4, 0.5) is 5.69 Å². The molecule has 0 atom stereocenters. The van der Waals surface area contributed by atoms with Gasteiger partial charge in [-0.25, -0.2) is 0 Å². The molecular formula is C16H15BrN2. The van der Waals surface area contributed by atoms with Crippen molar-refractivity contribution >= 4 is 21.6 Å². The van der Waals surface area contributed by atoms with Gasteiger partial charge in [0.1, 0.15) is 0 Å². The summed E-state index contributed by atoms with van der Waals surface area (Å²) in [6, 6.07) is 16.2. The fraction of sp³-hybridized carbons (Fsp3) is 0.188. The van der Waals surface area contributed by atoms with E-state index in [1.54, 1.807) is 0 Å². The van der Waals surface area contributed by atoms with E-state index in [-0.39, 0.29) is 0 Å². The van der Waals surface area contributed by atoms with Crippen LogP contribution < -0.4 is 4.90 Å². The zero-order valence-electron chi connectivity index (χ0n) is 11.0. The number of rotatable bonds is 3. The lowest BCUT2D eigenvalue weighted by molar-refractivity contribution is 0.911. The Morgan fingerprint density at radius 2 is 1.95 bits per heavy atom. The smallest absolute Gasteiger partial charge is 0.0992 e. The number of hydrogen-bond donors (Lipinski definition) is 0. The van der Waals surface area contributed by atoms with Crippen LogP contribution in [0.1, 0.15) is 16.7 Å². The van der Waals surface area contributed by atoms with E-state index in [9.17, 15) is 0 Å². The number of benzene rings is 2. The second kappa shape index (κ2) is 5.90. The molecule has 0 radical (unpaired) electrons. The SMILES string of the molecule is Cc1ccccc1CN(C)c1ccc(C#N)cc1Br. The van der Waals surface area contributed by atoms with Crippen molar-refractivity contribution in [2.45, 2.75) is 13.5 Å². The molecule has 0 N–H and O–H groups in total. The summed E-state index contributed by atoms with van der Waals surface area (Å²) in [7, 11) is 2.05. The first-order chi connectivity index (χ1) is 9.11. The number of nitriles is 1. The molecule has 2 aromatic rings. The summed E-state index contributed by atoms with van der Waals surface area (Å²) in [5.74, 6) is 0. The van der Waals surface area contributed by atoms with Gasteiger partial charge in [0.15, 0.2) is 0 Å². The summed E-state index contributed by atoms with van der Waals surface area (Å²) in [5.41, 5.74) is 4.35. The molecule has 0 aliphatic rings. The molecule has 0 saturated carbocycles. The third-order valence-electron chi connectivity index (χ3n) is 3.16. The van der Waals surface area contributed by atoms with Gasteiger partial charge in [0.2, 0.25) is 0 Å². The Bertz CT molecular complexity index is 629. The van der Waals surface area contributed by atoms with Crippen LogP contribution in [-0.4, -0.2) is 7.05 Å². The fourth-order valence-electron chi connectivity index (χ4n) is 2.01. The van der Waals surface area contributed by atoms with Crippen molar-refractivity contribution in [1.29, 1.82) is 5.26 Å². The minimum absolute atomic E-state index is 0.667. The maximum Gasteiger partial charge on any atom is 0.0992 e. The minimum Gasteiger partial charge on any atom is -0.369 e. The van der Waals surface area contributed by atoms with Crippen LogP contribution in [0.25, 0.3) is 0 Å². The van der Waals surface area contributed by atoms with Crippen LogP contribution in [0.15, 0.2) is 46.9 Å². The Hall–Kier alpha value is -1.79. The van der Waals surface area contributed by atoms with Gasteiger partial charge in [0, 0.05) is 18.1 Å². The molecule has 96 valence electrons. The van der Waals surface area contributed by atoms with Gasteiger partial charge in [-0.3, -0.25) is 0 Å². The number of hydrogen-bond acceptors (Lipinski definition) is 2. The van der Waals surface area contributed by atoms with E-state index in [0.717, 1.165) is 16.7 Å². The number of anilines is 1. The molecule has 0 saturated heterocycles. The number of halogens is 1. The monoisotopic (exact) mass is 314 g/mol. The summed E-state index contributed by atoms with van der Waals surface area (Å²) < 4.78 is 0.947.